The van der Waals surface area contributed by atoms with Crippen LogP contribution in [-0.4, -0.2) is 42.7 Å². The molecule has 0 spiro atoms. The van der Waals surface area contributed by atoms with E-state index >= 15 is 0 Å². The first-order valence-corrected chi connectivity index (χ1v) is 10.4. The molecule has 0 radical (unpaired) electrons. The van der Waals surface area contributed by atoms with E-state index < -0.39 is 11.7 Å². The smallest absolute Gasteiger partial charge is 0.407 e. The number of alkyl carbamates (subject to hydrolysis) is 1. The van der Waals surface area contributed by atoms with Crippen LogP contribution in [0.2, 0.25) is 0 Å². The lowest BCUT2D eigenvalue weighted by Gasteiger charge is -2.37. The standard InChI is InChI=1S/C18H34N2O3S/c1-17(2,3)23-16(22)20-14-18(9-6-5-7-10-18)13-15(21)19-11-8-12-24-4/h5-14H2,1-4H3,(H,19,21)(H,20,22). The van der Waals surface area contributed by atoms with Crippen molar-refractivity contribution in [2.24, 2.45) is 5.41 Å². The van der Waals surface area contributed by atoms with Gasteiger partial charge >= 0.3 is 6.09 Å². The fraction of sp³-hybridized carbons (Fsp3) is 0.889. The number of thioether (sulfide) groups is 1. The second kappa shape index (κ2) is 10.2. The Bertz CT molecular complexity index is 402. The summed E-state index contributed by atoms with van der Waals surface area (Å²) < 4.78 is 5.32. The highest BCUT2D eigenvalue weighted by atomic mass is 32.2. The van der Waals surface area contributed by atoms with Crippen molar-refractivity contribution in [3.8, 4) is 0 Å². The first-order chi connectivity index (χ1) is 11.3. The summed E-state index contributed by atoms with van der Waals surface area (Å²) in [5, 5.41) is 5.91. The summed E-state index contributed by atoms with van der Waals surface area (Å²) in [6.07, 6.45) is 8.59. The van der Waals surface area contributed by atoms with Crippen LogP contribution in [0.5, 0.6) is 0 Å². The van der Waals surface area contributed by atoms with Crippen LogP contribution in [0.3, 0.4) is 0 Å². The van der Waals surface area contributed by atoms with E-state index in [2.05, 4.69) is 16.9 Å². The lowest BCUT2D eigenvalue weighted by molar-refractivity contribution is -0.124. The average molecular weight is 359 g/mol. The molecule has 2 N–H and O–H groups in total. The zero-order valence-electron chi connectivity index (χ0n) is 15.7. The van der Waals surface area contributed by atoms with Gasteiger partial charge in [-0.1, -0.05) is 19.3 Å². The molecule has 0 aromatic rings. The molecule has 0 atom stereocenters. The first-order valence-electron chi connectivity index (χ1n) is 8.99. The summed E-state index contributed by atoms with van der Waals surface area (Å²) in [6, 6.07) is 0. The van der Waals surface area contributed by atoms with Crippen molar-refractivity contribution in [3.05, 3.63) is 0 Å². The maximum atomic E-state index is 12.3. The quantitative estimate of drug-likeness (QED) is 0.649. The van der Waals surface area contributed by atoms with Crippen LogP contribution < -0.4 is 10.6 Å². The zero-order chi connectivity index (χ0) is 18.1. The molecule has 1 aliphatic rings. The topological polar surface area (TPSA) is 67.4 Å². The minimum absolute atomic E-state index is 0.101. The minimum Gasteiger partial charge on any atom is -0.444 e. The van der Waals surface area contributed by atoms with Crippen molar-refractivity contribution in [2.45, 2.75) is 71.3 Å². The largest absolute Gasteiger partial charge is 0.444 e. The molecule has 0 aromatic heterocycles. The Morgan fingerprint density at radius 3 is 2.38 bits per heavy atom. The number of carbonyl (C=O) groups is 2. The Morgan fingerprint density at radius 1 is 1.12 bits per heavy atom. The van der Waals surface area contributed by atoms with Gasteiger partial charge in [0.15, 0.2) is 0 Å². The van der Waals surface area contributed by atoms with Crippen molar-refractivity contribution < 1.29 is 14.3 Å². The maximum absolute atomic E-state index is 12.3. The molecule has 6 heteroatoms. The van der Waals surface area contributed by atoms with Gasteiger partial charge in [-0.2, -0.15) is 11.8 Å². The van der Waals surface area contributed by atoms with Crippen molar-refractivity contribution in [1.82, 2.24) is 10.6 Å². The second-order valence-corrected chi connectivity index (χ2v) is 8.77. The lowest BCUT2D eigenvalue weighted by Crippen LogP contribution is -2.44. The van der Waals surface area contributed by atoms with E-state index in [1.54, 1.807) is 11.8 Å². The van der Waals surface area contributed by atoms with E-state index in [1.165, 1.54) is 6.42 Å². The highest BCUT2D eigenvalue weighted by molar-refractivity contribution is 7.98. The van der Waals surface area contributed by atoms with E-state index in [4.69, 9.17) is 4.74 Å². The summed E-state index contributed by atoms with van der Waals surface area (Å²) in [5.41, 5.74) is -0.628. The predicted molar refractivity (Wildman–Crippen MR) is 100 cm³/mol. The number of ether oxygens (including phenoxy) is 1. The molecule has 24 heavy (non-hydrogen) atoms. The molecule has 0 unspecified atom stereocenters. The van der Waals surface area contributed by atoms with Gasteiger partial charge in [0.1, 0.15) is 5.60 Å². The Hall–Kier alpha value is -0.910. The third-order valence-corrected chi connectivity index (χ3v) is 5.00. The number of nitrogens with one attached hydrogen (secondary N) is 2. The fourth-order valence-corrected chi connectivity index (χ4v) is 3.57. The molecule has 0 aliphatic heterocycles. The van der Waals surface area contributed by atoms with Crippen LogP contribution in [0.25, 0.3) is 0 Å². The van der Waals surface area contributed by atoms with Crippen LogP contribution >= 0.6 is 11.8 Å². The van der Waals surface area contributed by atoms with Crippen molar-refractivity contribution in [2.75, 3.05) is 25.1 Å². The van der Waals surface area contributed by atoms with Crippen LogP contribution in [0.15, 0.2) is 0 Å². The van der Waals surface area contributed by atoms with Gasteiger partial charge in [-0.05, 0) is 57.5 Å². The van der Waals surface area contributed by atoms with Crippen molar-refractivity contribution >= 4 is 23.8 Å². The molecule has 140 valence electrons. The first kappa shape index (κ1) is 21.1. The van der Waals surface area contributed by atoms with Gasteiger partial charge < -0.3 is 15.4 Å². The Balaban J connectivity index is 2.50. The molecule has 0 saturated heterocycles. The van der Waals surface area contributed by atoms with Gasteiger partial charge in [-0.15, -0.1) is 0 Å². The minimum atomic E-state index is -0.502. The molecular formula is C18H34N2O3S. The van der Waals surface area contributed by atoms with Gasteiger partial charge in [0.2, 0.25) is 5.91 Å². The average Bonchev–Trinajstić information content (AvgIpc) is 2.49. The number of amides is 2. The summed E-state index contributed by atoms with van der Waals surface area (Å²) in [7, 11) is 0. The molecule has 0 bridgehead atoms. The van der Waals surface area contributed by atoms with Gasteiger partial charge in [0.05, 0.1) is 0 Å². The number of carbonyl (C=O) groups excluding carboxylic acids is 2. The normalized spacial score (nSPS) is 17.2. The Morgan fingerprint density at radius 2 is 1.79 bits per heavy atom. The highest BCUT2D eigenvalue weighted by Crippen LogP contribution is 2.38. The van der Waals surface area contributed by atoms with Crippen molar-refractivity contribution in [1.29, 1.82) is 0 Å². The molecule has 0 aromatic carbocycles. The molecular weight excluding hydrogens is 324 g/mol. The lowest BCUT2D eigenvalue weighted by atomic mass is 9.71. The van der Waals surface area contributed by atoms with E-state index in [-0.39, 0.29) is 11.3 Å². The molecule has 5 nitrogen and oxygen atoms in total. The molecule has 2 amide bonds. The van der Waals surface area contributed by atoms with Gasteiger partial charge in [-0.25, -0.2) is 4.79 Å². The monoisotopic (exact) mass is 358 g/mol. The number of rotatable bonds is 8. The second-order valence-electron chi connectivity index (χ2n) is 7.79. The molecule has 0 heterocycles. The van der Waals surface area contributed by atoms with E-state index in [0.717, 1.165) is 44.4 Å². The highest BCUT2D eigenvalue weighted by Gasteiger charge is 2.35. The predicted octanol–water partition coefficient (Wildman–Crippen LogP) is 3.72. The summed E-state index contributed by atoms with van der Waals surface area (Å²) >= 11 is 1.79. The third kappa shape index (κ3) is 8.81. The Kier molecular flexibility index (Phi) is 8.95. The molecule has 1 fully saturated rings. The zero-order valence-corrected chi connectivity index (χ0v) is 16.5. The van der Waals surface area contributed by atoms with E-state index in [1.807, 2.05) is 20.8 Å². The van der Waals surface area contributed by atoms with Gasteiger partial charge in [0.25, 0.3) is 0 Å². The van der Waals surface area contributed by atoms with Gasteiger partial charge in [0, 0.05) is 19.5 Å². The van der Waals surface area contributed by atoms with Crippen molar-refractivity contribution in [3.63, 3.8) is 0 Å². The molecule has 1 rings (SSSR count). The van der Waals surface area contributed by atoms with E-state index in [9.17, 15) is 9.59 Å². The molecule has 1 saturated carbocycles. The van der Waals surface area contributed by atoms with E-state index in [0.29, 0.717) is 13.0 Å². The van der Waals surface area contributed by atoms with Crippen LogP contribution in [0, 0.1) is 5.41 Å². The number of hydrogen-bond acceptors (Lipinski definition) is 4. The fourth-order valence-electron chi connectivity index (χ4n) is 3.14. The number of hydrogen-bond donors (Lipinski definition) is 2. The summed E-state index contributed by atoms with van der Waals surface area (Å²) in [4.78, 5) is 24.2. The summed E-state index contributed by atoms with van der Waals surface area (Å²) in [5.74, 6) is 1.16. The maximum Gasteiger partial charge on any atom is 0.407 e. The summed E-state index contributed by atoms with van der Waals surface area (Å²) in [6.45, 7) is 6.80. The Labute approximate surface area is 151 Å². The van der Waals surface area contributed by atoms with Crippen LogP contribution in [0.1, 0.15) is 65.7 Å². The van der Waals surface area contributed by atoms with Gasteiger partial charge in [-0.3, -0.25) is 4.79 Å². The van der Waals surface area contributed by atoms with Crippen LogP contribution in [-0.2, 0) is 9.53 Å². The third-order valence-electron chi connectivity index (χ3n) is 4.30. The van der Waals surface area contributed by atoms with Crippen LogP contribution in [0.4, 0.5) is 4.79 Å². The molecule has 1 aliphatic carbocycles. The SMILES string of the molecule is CSCCCNC(=O)CC1(CNC(=O)OC(C)(C)C)CCCCC1.